The zero-order valence-corrected chi connectivity index (χ0v) is 12.0. The topological polar surface area (TPSA) is 29.8 Å². The molecule has 0 aliphatic carbocycles. The van der Waals surface area contributed by atoms with Crippen molar-refractivity contribution in [2.45, 2.75) is 18.4 Å². The van der Waals surface area contributed by atoms with E-state index in [-0.39, 0.29) is 6.10 Å². The van der Waals surface area contributed by atoms with Crippen LogP contribution in [0.2, 0.25) is 0 Å². The summed E-state index contributed by atoms with van der Waals surface area (Å²) in [7, 11) is 0. The predicted octanol–water partition coefficient (Wildman–Crippen LogP) is 2.52. The molecular formula is C11H14BrN3OS. The highest BCUT2D eigenvalue weighted by Gasteiger charge is 2.23. The molecule has 2 aromatic heterocycles. The number of rotatable bonds is 2. The Morgan fingerprint density at radius 1 is 1.65 bits per heavy atom. The Morgan fingerprint density at radius 2 is 2.53 bits per heavy atom. The molecule has 0 saturated carbocycles. The van der Waals surface area contributed by atoms with Gasteiger partial charge in [0.05, 0.1) is 18.4 Å². The molecule has 1 aliphatic heterocycles. The van der Waals surface area contributed by atoms with Crippen LogP contribution in [0.25, 0.3) is 4.96 Å². The number of halogens is 1. The van der Waals surface area contributed by atoms with Gasteiger partial charge in [-0.3, -0.25) is 4.40 Å². The number of thiazole rings is 1. The second-order valence-electron chi connectivity index (χ2n) is 4.20. The van der Waals surface area contributed by atoms with Crippen LogP contribution >= 0.6 is 27.3 Å². The minimum absolute atomic E-state index is 0.284. The molecule has 3 heterocycles. The molecule has 2 aromatic rings. The molecule has 0 amide bonds. The number of fused-ring (bicyclic) bond motifs is 1. The van der Waals surface area contributed by atoms with E-state index in [0.717, 1.165) is 35.8 Å². The van der Waals surface area contributed by atoms with Crippen molar-refractivity contribution >= 4 is 38.0 Å². The lowest BCUT2D eigenvalue weighted by Crippen LogP contribution is -2.41. The lowest BCUT2D eigenvalue weighted by molar-refractivity contribution is 0.0529. The Labute approximate surface area is 112 Å². The van der Waals surface area contributed by atoms with Crippen LogP contribution in [0, 0.1) is 0 Å². The SMILES string of the molecule is CC1CN(c2nc3sccn3c2CBr)CCO1. The van der Waals surface area contributed by atoms with Gasteiger partial charge in [-0.15, -0.1) is 11.3 Å². The van der Waals surface area contributed by atoms with Crippen LogP contribution in [0.5, 0.6) is 0 Å². The van der Waals surface area contributed by atoms with Crippen molar-refractivity contribution in [1.29, 1.82) is 0 Å². The number of aromatic nitrogens is 2. The summed E-state index contributed by atoms with van der Waals surface area (Å²) < 4.78 is 7.73. The minimum atomic E-state index is 0.284. The highest BCUT2D eigenvalue weighted by molar-refractivity contribution is 9.08. The number of hydrogen-bond donors (Lipinski definition) is 0. The quantitative estimate of drug-likeness (QED) is 0.798. The standard InChI is InChI=1S/C11H14BrN3OS/c1-8-7-14(2-4-16-8)10-9(6-12)15-3-5-17-11(15)13-10/h3,5,8H,2,4,6-7H2,1H3. The summed E-state index contributed by atoms with van der Waals surface area (Å²) in [6.45, 7) is 4.74. The maximum absolute atomic E-state index is 5.57. The average molecular weight is 316 g/mol. The van der Waals surface area contributed by atoms with E-state index < -0.39 is 0 Å². The van der Waals surface area contributed by atoms with E-state index in [1.165, 1.54) is 5.69 Å². The molecule has 0 spiro atoms. The molecule has 1 aliphatic rings. The van der Waals surface area contributed by atoms with E-state index in [2.05, 4.69) is 43.7 Å². The van der Waals surface area contributed by atoms with E-state index in [4.69, 9.17) is 9.72 Å². The number of alkyl halides is 1. The van der Waals surface area contributed by atoms with Gasteiger partial charge in [-0.2, -0.15) is 0 Å². The number of morpholine rings is 1. The summed E-state index contributed by atoms with van der Waals surface area (Å²) in [6.07, 6.45) is 2.36. The van der Waals surface area contributed by atoms with Crippen molar-refractivity contribution in [2.24, 2.45) is 0 Å². The first-order valence-electron chi connectivity index (χ1n) is 5.66. The van der Waals surface area contributed by atoms with E-state index in [1.807, 2.05) is 0 Å². The van der Waals surface area contributed by atoms with E-state index in [0.29, 0.717) is 0 Å². The van der Waals surface area contributed by atoms with Crippen molar-refractivity contribution in [3.8, 4) is 0 Å². The fraction of sp³-hybridized carbons (Fsp3) is 0.545. The van der Waals surface area contributed by atoms with Crippen LogP contribution in [-0.2, 0) is 10.1 Å². The Balaban J connectivity index is 2.00. The second kappa shape index (κ2) is 4.59. The molecule has 6 heteroatoms. The fourth-order valence-electron chi connectivity index (χ4n) is 2.21. The average Bonchev–Trinajstić information content (AvgIpc) is 2.88. The second-order valence-corrected chi connectivity index (χ2v) is 5.63. The summed E-state index contributed by atoms with van der Waals surface area (Å²) in [5.41, 5.74) is 1.23. The van der Waals surface area contributed by atoms with Crippen LogP contribution in [0.3, 0.4) is 0 Å². The van der Waals surface area contributed by atoms with Gasteiger partial charge < -0.3 is 9.64 Å². The summed E-state index contributed by atoms with van der Waals surface area (Å²) >= 11 is 5.24. The molecule has 1 fully saturated rings. The maximum Gasteiger partial charge on any atom is 0.195 e. The van der Waals surface area contributed by atoms with Gasteiger partial charge >= 0.3 is 0 Å². The van der Waals surface area contributed by atoms with Gasteiger partial charge in [0, 0.05) is 30.0 Å². The van der Waals surface area contributed by atoms with Gasteiger partial charge in [-0.25, -0.2) is 4.98 Å². The molecule has 1 saturated heterocycles. The van der Waals surface area contributed by atoms with Gasteiger partial charge in [-0.05, 0) is 6.92 Å². The van der Waals surface area contributed by atoms with Crippen molar-refractivity contribution in [3.05, 3.63) is 17.3 Å². The molecule has 1 unspecified atom stereocenters. The van der Waals surface area contributed by atoms with E-state index in [9.17, 15) is 0 Å². The van der Waals surface area contributed by atoms with E-state index >= 15 is 0 Å². The maximum atomic E-state index is 5.57. The highest BCUT2D eigenvalue weighted by Crippen LogP contribution is 2.27. The summed E-state index contributed by atoms with van der Waals surface area (Å²) in [5, 5.41) is 2.90. The fourth-order valence-corrected chi connectivity index (χ4v) is 3.46. The third-order valence-electron chi connectivity index (χ3n) is 3.01. The first kappa shape index (κ1) is 11.5. The first-order valence-corrected chi connectivity index (χ1v) is 7.66. The van der Waals surface area contributed by atoms with Gasteiger partial charge in [0.1, 0.15) is 0 Å². The Kier molecular flexibility index (Phi) is 3.10. The molecular weight excluding hydrogens is 302 g/mol. The van der Waals surface area contributed by atoms with Crippen LogP contribution in [-0.4, -0.2) is 35.2 Å². The van der Waals surface area contributed by atoms with Crippen molar-refractivity contribution < 1.29 is 4.74 Å². The monoisotopic (exact) mass is 315 g/mol. The zero-order chi connectivity index (χ0) is 11.8. The lowest BCUT2D eigenvalue weighted by atomic mass is 10.3. The van der Waals surface area contributed by atoms with Crippen molar-refractivity contribution in [2.75, 3.05) is 24.6 Å². The van der Waals surface area contributed by atoms with Gasteiger partial charge in [0.2, 0.25) is 0 Å². The zero-order valence-electron chi connectivity index (χ0n) is 9.60. The number of imidazole rings is 1. The van der Waals surface area contributed by atoms with Gasteiger partial charge in [-0.1, -0.05) is 15.9 Å². The van der Waals surface area contributed by atoms with Crippen LogP contribution in [0.4, 0.5) is 5.82 Å². The molecule has 0 N–H and O–H groups in total. The highest BCUT2D eigenvalue weighted by atomic mass is 79.9. The number of hydrogen-bond acceptors (Lipinski definition) is 4. The molecule has 3 rings (SSSR count). The Hall–Kier alpha value is -0.590. The molecule has 4 nitrogen and oxygen atoms in total. The molecule has 0 aromatic carbocycles. The molecule has 17 heavy (non-hydrogen) atoms. The normalized spacial score (nSPS) is 21.3. The van der Waals surface area contributed by atoms with Crippen LogP contribution in [0.15, 0.2) is 11.6 Å². The smallest absolute Gasteiger partial charge is 0.195 e. The van der Waals surface area contributed by atoms with Crippen molar-refractivity contribution in [3.63, 3.8) is 0 Å². The van der Waals surface area contributed by atoms with Gasteiger partial charge in [0.15, 0.2) is 10.8 Å². The molecule has 92 valence electrons. The number of ether oxygens (including phenoxy) is 1. The number of anilines is 1. The largest absolute Gasteiger partial charge is 0.375 e. The Morgan fingerprint density at radius 3 is 3.29 bits per heavy atom. The lowest BCUT2D eigenvalue weighted by Gasteiger charge is -2.31. The summed E-state index contributed by atoms with van der Waals surface area (Å²) in [5.74, 6) is 1.10. The predicted molar refractivity (Wildman–Crippen MR) is 73.3 cm³/mol. The van der Waals surface area contributed by atoms with Gasteiger partial charge in [0.25, 0.3) is 0 Å². The minimum Gasteiger partial charge on any atom is -0.375 e. The van der Waals surface area contributed by atoms with Crippen LogP contribution < -0.4 is 4.90 Å². The Bertz CT molecular complexity index is 524. The number of nitrogens with zero attached hydrogens (tertiary/aromatic N) is 3. The van der Waals surface area contributed by atoms with Crippen molar-refractivity contribution in [1.82, 2.24) is 9.38 Å². The van der Waals surface area contributed by atoms with E-state index in [1.54, 1.807) is 11.3 Å². The molecule has 0 bridgehead atoms. The summed E-state index contributed by atoms with van der Waals surface area (Å²) in [6, 6.07) is 0. The summed E-state index contributed by atoms with van der Waals surface area (Å²) in [4.78, 5) is 8.11. The third kappa shape index (κ3) is 1.98. The molecule has 1 atom stereocenters. The molecule has 0 radical (unpaired) electrons. The third-order valence-corrected chi connectivity index (χ3v) is 4.29. The van der Waals surface area contributed by atoms with Crippen LogP contribution in [0.1, 0.15) is 12.6 Å². The first-order chi connectivity index (χ1) is 8.29.